The van der Waals surface area contributed by atoms with Crippen LogP contribution in [0.1, 0.15) is 44.7 Å². The van der Waals surface area contributed by atoms with Gasteiger partial charge in [0.25, 0.3) is 0 Å². The summed E-state index contributed by atoms with van der Waals surface area (Å²) in [5.74, 6) is 0.896. The largest absolute Gasteiger partial charge is 0.307 e. The van der Waals surface area contributed by atoms with Gasteiger partial charge in [-0.15, -0.1) is 0 Å². The summed E-state index contributed by atoms with van der Waals surface area (Å²) in [6.45, 7) is 4.58. The lowest BCUT2D eigenvalue weighted by Crippen LogP contribution is -2.29. The molecule has 3 atom stereocenters. The molecule has 1 saturated carbocycles. The van der Waals surface area contributed by atoms with Crippen molar-refractivity contribution in [1.29, 1.82) is 0 Å². The SMILES string of the molecule is C[C@H]1CC[C@H](N[C@@H](C)c2ccncc2)C1. The molecule has 0 amide bonds. The molecule has 1 N–H and O–H groups in total. The van der Waals surface area contributed by atoms with Crippen molar-refractivity contribution in [3.8, 4) is 0 Å². The van der Waals surface area contributed by atoms with E-state index in [1.165, 1.54) is 24.8 Å². The maximum Gasteiger partial charge on any atom is 0.0295 e. The Balaban J connectivity index is 1.90. The van der Waals surface area contributed by atoms with Crippen molar-refractivity contribution < 1.29 is 0 Å². The maximum absolute atomic E-state index is 4.04. The molecule has 0 bridgehead atoms. The summed E-state index contributed by atoms with van der Waals surface area (Å²) >= 11 is 0. The van der Waals surface area contributed by atoms with Gasteiger partial charge in [-0.1, -0.05) is 6.92 Å². The number of hydrogen-bond acceptors (Lipinski definition) is 2. The zero-order valence-corrected chi connectivity index (χ0v) is 9.61. The number of nitrogens with zero attached hydrogens (tertiary/aromatic N) is 1. The van der Waals surface area contributed by atoms with Gasteiger partial charge in [-0.2, -0.15) is 0 Å². The molecule has 0 saturated heterocycles. The highest BCUT2D eigenvalue weighted by Crippen LogP contribution is 2.26. The van der Waals surface area contributed by atoms with Crippen LogP contribution >= 0.6 is 0 Å². The van der Waals surface area contributed by atoms with Gasteiger partial charge >= 0.3 is 0 Å². The molecule has 1 fully saturated rings. The number of rotatable bonds is 3. The fourth-order valence-corrected chi connectivity index (χ4v) is 2.46. The molecule has 1 aromatic rings. The Hall–Kier alpha value is -0.890. The Morgan fingerprint density at radius 2 is 2.07 bits per heavy atom. The van der Waals surface area contributed by atoms with Gasteiger partial charge in [-0.25, -0.2) is 0 Å². The van der Waals surface area contributed by atoms with Crippen LogP contribution in [0.2, 0.25) is 0 Å². The van der Waals surface area contributed by atoms with E-state index in [0.29, 0.717) is 12.1 Å². The van der Waals surface area contributed by atoms with Crippen LogP contribution in [-0.4, -0.2) is 11.0 Å². The van der Waals surface area contributed by atoms with Crippen molar-refractivity contribution in [3.05, 3.63) is 30.1 Å². The number of pyridine rings is 1. The molecule has 15 heavy (non-hydrogen) atoms. The van der Waals surface area contributed by atoms with Gasteiger partial charge in [0.15, 0.2) is 0 Å². The quantitative estimate of drug-likeness (QED) is 0.819. The van der Waals surface area contributed by atoms with Gasteiger partial charge < -0.3 is 5.32 Å². The molecule has 82 valence electrons. The molecular weight excluding hydrogens is 184 g/mol. The first-order valence-electron chi connectivity index (χ1n) is 5.91. The minimum absolute atomic E-state index is 0.447. The van der Waals surface area contributed by atoms with Crippen LogP contribution in [0.5, 0.6) is 0 Å². The lowest BCUT2D eigenvalue weighted by atomic mass is 10.1. The highest BCUT2D eigenvalue weighted by molar-refractivity contribution is 5.14. The second kappa shape index (κ2) is 4.75. The van der Waals surface area contributed by atoms with E-state index in [1.807, 2.05) is 12.4 Å². The van der Waals surface area contributed by atoms with Crippen LogP contribution in [0.4, 0.5) is 0 Å². The zero-order valence-electron chi connectivity index (χ0n) is 9.61. The Bertz CT molecular complexity index is 297. The lowest BCUT2D eigenvalue weighted by Gasteiger charge is -2.19. The van der Waals surface area contributed by atoms with Crippen molar-refractivity contribution in [2.24, 2.45) is 5.92 Å². The van der Waals surface area contributed by atoms with E-state index in [2.05, 4.69) is 36.3 Å². The summed E-state index contributed by atoms with van der Waals surface area (Å²) < 4.78 is 0. The molecule has 0 aliphatic heterocycles. The Morgan fingerprint density at radius 1 is 1.33 bits per heavy atom. The molecule has 0 spiro atoms. The predicted octanol–water partition coefficient (Wildman–Crippen LogP) is 2.92. The van der Waals surface area contributed by atoms with E-state index >= 15 is 0 Å². The molecule has 0 unspecified atom stereocenters. The topological polar surface area (TPSA) is 24.9 Å². The van der Waals surface area contributed by atoms with Crippen molar-refractivity contribution >= 4 is 0 Å². The molecule has 0 aromatic carbocycles. The normalized spacial score (nSPS) is 27.9. The minimum atomic E-state index is 0.447. The molecule has 1 aliphatic carbocycles. The van der Waals surface area contributed by atoms with Crippen LogP contribution in [-0.2, 0) is 0 Å². The first-order valence-corrected chi connectivity index (χ1v) is 5.91. The highest BCUT2D eigenvalue weighted by Gasteiger charge is 2.22. The van der Waals surface area contributed by atoms with Crippen molar-refractivity contribution in [2.45, 2.75) is 45.2 Å². The van der Waals surface area contributed by atoms with Crippen molar-refractivity contribution in [1.82, 2.24) is 10.3 Å². The number of hydrogen-bond donors (Lipinski definition) is 1. The second-order valence-corrected chi connectivity index (χ2v) is 4.78. The van der Waals surface area contributed by atoms with Crippen LogP contribution in [0.15, 0.2) is 24.5 Å². The maximum atomic E-state index is 4.04. The van der Waals surface area contributed by atoms with Crippen LogP contribution in [0, 0.1) is 5.92 Å². The van der Waals surface area contributed by atoms with Crippen LogP contribution in [0.25, 0.3) is 0 Å². The van der Waals surface area contributed by atoms with E-state index in [1.54, 1.807) is 0 Å². The van der Waals surface area contributed by atoms with Crippen molar-refractivity contribution in [3.63, 3.8) is 0 Å². The summed E-state index contributed by atoms with van der Waals surface area (Å²) in [7, 11) is 0. The van der Waals surface area contributed by atoms with Gasteiger partial charge in [0.2, 0.25) is 0 Å². The van der Waals surface area contributed by atoms with E-state index in [0.717, 1.165) is 5.92 Å². The van der Waals surface area contributed by atoms with Gasteiger partial charge in [0.05, 0.1) is 0 Å². The number of aromatic nitrogens is 1. The second-order valence-electron chi connectivity index (χ2n) is 4.78. The highest BCUT2D eigenvalue weighted by atomic mass is 14.9. The van der Waals surface area contributed by atoms with E-state index in [-0.39, 0.29) is 0 Å². The molecule has 2 nitrogen and oxygen atoms in total. The van der Waals surface area contributed by atoms with Crippen LogP contribution in [0.3, 0.4) is 0 Å². The van der Waals surface area contributed by atoms with Gasteiger partial charge in [-0.05, 0) is 49.8 Å². The number of nitrogens with one attached hydrogen (secondary N) is 1. The average molecular weight is 204 g/mol. The molecule has 2 heteroatoms. The minimum Gasteiger partial charge on any atom is -0.307 e. The summed E-state index contributed by atoms with van der Waals surface area (Å²) in [6.07, 6.45) is 7.77. The van der Waals surface area contributed by atoms with Crippen LogP contribution < -0.4 is 5.32 Å². The smallest absolute Gasteiger partial charge is 0.0295 e. The third-order valence-electron chi connectivity index (χ3n) is 3.39. The Morgan fingerprint density at radius 3 is 2.67 bits per heavy atom. The molecule has 2 rings (SSSR count). The lowest BCUT2D eigenvalue weighted by molar-refractivity contribution is 0.449. The van der Waals surface area contributed by atoms with Crippen molar-refractivity contribution in [2.75, 3.05) is 0 Å². The fraction of sp³-hybridized carbons (Fsp3) is 0.615. The molecule has 1 heterocycles. The molecule has 0 radical (unpaired) electrons. The zero-order chi connectivity index (χ0) is 10.7. The fourth-order valence-electron chi connectivity index (χ4n) is 2.46. The summed E-state index contributed by atoms with van der Waals surface area (Å²) in [5, 5.41) is 3.70. The van der Waals surface area contributed by atoms with Gasteiger partial charge in [0, 0.05) is 24.5 Å². The standard InChI is InChI=1S/C13H20N2/c1-10-3-4-13(9-10)15-11(2)12-5-7-14-8-6-12/h5-8,10-11,13,15H,3-4,9H2,1-2H3/t10-,11-,13-/m0/s1. The molecule has 1 aromatic heterocycles. The summed E-state index contributed by atoms with van der Waals surface area (Å²) in [5.41, 5.74) is 1.34. The van der Waals surface area contributed by atoms with Gasteiger partial charge in [-0.3, -0.25) is 4.98 Å². The van der Waals surface area contributed by atoms with E-state index in [4.69, 9.17) is 0 Å². The molecular formula is C13H20N2. The summed E-state index contributed by atoms with van der Waals surface area (Å²) in [4.78, 5) is 4.04. The summed E-state index contributed by atoms with van der Waals surface area (Å²) in [6, 6.07) is 5.35. The predicted molar refractivity (Wildman–Crippen MR) is 62.6 cm³/mol. The first kappa shape index (κ1) is 10.6. The average Bonchev–Trinajstić information content (AvgIpc) is 2.65. The third kappa shape index (κ3) is 2.78. The Kier molecular flexibility index (Phi) is 3.37. The first-order chi connectivity index (χ1) is 7.25. The Labute approximate surface area is 92.1 Å². The third-order valence-corrected chi connectivity index (χ3v) is 3.39. The van der Waals surface area contributed by atoms with E-state index in [9.17, 15) is 0 Å². The molecule has 1 aliphatic rings. The monoisotopic (exact) mass is 204 g/mol. The van der Waals surface area contributed by atoms with E-state index < -0.39 is 0 Å². The van der Waals surface area contributed by atoms with Gasteiger partial charge in [0.1, 0.15) is 0 Å².